The summed E-state index contributed by atoms with van der Waals surface area (Å²) in [6, 6.07) is 14.6. The van der Waals surface area contributed by atoms with Gasteiger partial charge in [-0.05, 0) is 66.9 Å². The lowest BCUT2D eigenvalue weighted by Gasteiger charge is -2.26. The number of hydrogen-bond acceptors (Lipinski definition) is 2. The van der Waals surface area contributed by atoms with Crippen molar-refractivity contribution in [3.05, 3.63) is 106 Å². The number of carbonyl (C=O) groups is 1. The quantitative estimate of drug-likeness (QED) is 0.335. The Morgan fingerprint density at radius 1 is 1.00 bits per heavy atom. The lowest BCUT2D eigenvalue weighted by Crippen LogP contribution is -2.14. The average molecular weight is 462 g/mol. The number of carbonyl (C=O) groups excluding carboxylic acids is 1. The first-order chi connectivity index (χ1) is 17.0. The van der Waals surface area contributed by atoms with E-state index in [1.54, 1.807) is 0 Å². The largest absolute Gasteiger partial charge is 0.294 e. The van der Waals surface area contributed by atoms with Gasteiger partial charge >= 0.3 is 0 Å². The molecule has 2 aromatic rings. The smallest absolute Gasteiger partial charge is 0.167 e. The van der Waals surface area contributed by atoms with Gasteiger partial charge in [-0.15, -0.1) is 0 Å². The third kappa shape index (κ3) is 5.63. The number of nitrogens with zero attached hydrogens (tertiary/aromatic N) is 1. The topological polar surface area (TPSA) is 29.4 Å². The van der Waals surface area contributed by atoms with Crippen LogP contribution in [0.4, 0.5) is 0 Å². The molecule has 1 unspecified atom stereocenters. The van der Waals surface area contributed by atoms with E-state index in [1.165, 1.54) is 31.2 Å². The van der Waals surface area contributed by atoms with E-state index in [2.05, 4.69) is 54.1 Å². The van der Waals surface area contributed by atoms with Crippen LogP contribution in [-0.2, 0) is 12.8 Å². The van der Waals surface area contributed by atoms with Crippen molar-refractivity contribution in [2.75, 3.05) is 0 Å². The highest BCUT2D eigenvalue weighted by Gasteiger charge is 2.21. The lowest BCUT2D eigenvalue weighted by molar-refractivity contribution is 0.0993. The van der Waals surface area contributed by atoms with E-state index in [4.69, 9.17) is 0 Å². The third-order valence-corrected chi connectivity index (χ3v) is 7.64. The monoisotopic (exact) mass is 461 g/mol. The molecule has 2 nitrogen and oxygen atoms in total. The molecule has 0 spiro atoms. The summed E-state index contributed by atoms with van der Waals surface area (Å²) in [5.74, 6) is 8.58. The van der Waals surface area contributed by atoms with Crippen molar-refractivity contribution in [2.24, 2.45) is 22.7 Å². The molecule has 5 rings (SSSR count). The van der Waals surface area contributed by atoms with Crippen LogP contribution >= 0.6 is 0 Å². The van der Waals surface area contributed by atoms with Gasteiger partial charge in [0, 0.05) is 30.7 Å². The standard InChI is InChI=1S/C33H33NO.H2/c1-23-7-10-25(11-8-23)19-26-12-14-27(15-13-26)20-33(35)29-16-9-24(2)28(21-29)17-18-30-22-34-32-6-4-3-5-31(30)32;/h3-6,9,12-16,21-23,25,31H,7-8,10-11,19-20H2,1-2H3;1H. The number of ketones is 1. The van der Waals surface area contributed by atoms with Crippen LogP contribution in [0.15, 0.2) is 83.5 Å². The molecule has 1 saturated carbocycles. The van der Waals surface area contributed by atoms with E-state index in [0.717, 1.165) is 51.8 Å². The molecule has 1 fully saturated rings. The summed E-state index contributed by atoms with van der Waals surface area (Å²) >= 11 is 0. The highest BCUT2D eigenvalue weighted by atomic mass is 16.1. The fourth-order valence-corrected chi connectivity index (χ4v) is 5.27. The molecule has 1 heterocycles. The molecule has 0 radical (unpaired) electrons. The number of hydrogen-bond donors (Lipinski definition) is 0. The van der Waals surface area contributed by atoms with Crippen molar-refractivity contribution in [1.82, 2.24) is 0 Å². The van der Waals surface area contributed by atoms with Crippen LogP contribution in [0.1, 0.15) is 66.6 Å². The van der Waals surface area contributed by atoms with Gasteiger partial charge in [-0.3, -0.25) is 9.79 Å². The summed E-state index contributed by atoms with van der Waals surface area (Å²) in [7, 11) is 0. The van der Waals surface area contributed by atoms with Crippen LogP contribution in [-0.4, -0.2) is 11.5 Å². The molecular formula is C33H35NO. The van der Waals surface area contributed by atoms with Crippen LogP contribution in [0, 0.1) is 36.5 Å². The molecule has 3 aliphatic rings. The fourth-order valence-electron chi connectivity index (χ4n) is 5.27. The van der Waals surface area contributed by atoms with Gasteiger partial charge in [0.25, 0.3) is 0 Å². The predicted octanol–water partition coefficient (Wildman–Crippen LogP) is 7.47. The molecular weight excluding hydrogens is 426 g/mol. The highest BCUT2D eigenvalue weighted by Crippen LogP contribution is 2.30. The summed E-state index contributed by atoms with van der Waals surface area (Å²) in [4.78, 5) is 17.5. The Balaban J connectivity index is 0.00000304. The van der Waals surface area contributed by atoms with Gasteiger partial charge in [0.05, 0.1) is 11.6 Å². The van der Waals surface area contributed by atoms with E-state index in [0.29, 0.717) is 6.42 Å². The van der Waals surface area contributed by atoms with Crippen molar-refractivity contribution in [3.63, 3.8) is 0 Å². The van der Waals surface area contributed by atoms with Gasteiger partial charge in [-0.1, -0.05) is 86.2 Å². The number of aryl methyl sites for hydroxylation is 1. The molecule has 0 amide bonds. The van der Waals surface area contributed by atoms with Crippen LogP contribution in [0.2, 0.25) is 0 Å². The maximum atomic E-state index is 13.1. The van der Waals surface area contributed by atoms with E-state index in [1.807, 2.05) is 49.6 Å². The van der Waals surface area contributed by atoms with Crippen LogP contribution < -0.4 is 0 Å². The Labute approximate surface area is 211 Å². The van der Waals surface area contributed by atoms with Gasteiger partial charge in [0.1, 0.15) is 0 Å². The molecule has 0 saturated heterocycles. The highest BCUT2D eigenvalue weighted by molar-refractivity contribution is 6.04. The Morgan fingerprint density at radius 3 is 2.57 bits per heavy atom. The van der Waals surface area contributed by atoms with Crippen molar-refractivity contribution in [2.45, 2.75) is 52.4 Å². The van der Waals surface area contributed by atoms with E-state index >= 15 is 0 Å². The van der Waals surface area contributed by atoms with Crippen molar-refractivity contribution in [1.29, 1.82) is 0 Å². The summed E-state index contributed by atoms with van der Waals surface area (Å²) in [6.07, 6.45) is 17.1. The molecule has 0 N–H and O–H groups in total. The van der Waals surface area contributed by atoms with Crippen LogP contribution in [0.3, 0.4) is 0 Å². The molecule has 2 aliphatic carbocycles. The predicted molar refractivity (Wildman–Crippen MR) is 147 cm³/mol. The minimum Gasteiger partial charge on any atom is -0.294 e. The van der Waals surface area contributed by atoms with Gasteiger partial charge < -0.3 is 0 Å². The molecule has 0 aromatic heterocycles. The lowest BCUT2D eigenvalue weighted by atomic mass is 9.80. The average Bonchev–Trinajstić information content (AvgIpc) is 3.29. The zero-order valence-electron chi connectivity index (χ0n) is 20.8. The van der Waals surface area contributed by atoms with Crippen molar-refractivity contribution in [3.8, 4) is 11.8 Å². The molecule has 178 valence electrons. The number of benzene rings is 2. The second kappa shape index (κ2) is 10.4. The third-order valence-electron chi connectivity index (χ3n) is 7.64. The Kier molecular flexibility index (Phi) is 6.96. The second-order valence-electron chi connectivity index (χ2n) is 10.4. The van der Waals surface area contributed by atoms with Gasteiger partial charge in [0.15, 0.2) is 5.78 Å². The Morgan fingerprint density at radius 2 is 1.77 bits per heavy atom. The van der Waals surface area contributed by atoms with E-state index in [-0.39, 0.29) is 13.1 Å². The van der Waals surface area contributed by atoms with Gasteiger partial charge in [0.2, 0.25) is 0 Å². The van der Waals surface area contributed by atoms with Crippen molar-refractivity contribution < 1.29 is 6.22 Å². The minimum atomic E-state index is 0. The van der Waals surface area contributed by atoms with E-state index in [9.17, 15) is 4.79 Å². The fraction of sp³-hybridized carbons (Fsp3) is 0.333. The summed E-state index contributed by atoms with van der Waals surface area (Å²) in [5.41, 5.74) is 7.20. The van der Waals surface area contributed by atoms with Crippen LogP contribution in [0.25, 0.3) is 0 Å². The molecule has 0 bridgehead atoms. The molecule has 1 aliphatic heterocycles. The Hall–Kier alpha value is -3.44. The molecule has 2 heteroatoms. The van der Waals surface area contributed by atoms with Crippen LogP contribution in [0.5, 0.6) is 0 Å². The normalized spacial score (nSPS) is 22.6. The van der Waals surface area contributed by atoms with E-state index < -0.39 is 0 Å². The number of rotatable bonds is 5. The minimum absolute atomic E-state index is 0. The van der Waals surface area contributed by atoms with Crippen molar-refractivity contribution >= 4 is 11.5 Å². The molecule has 1 atom stereocenters. The maximum Gasteiger partial charge on any atom is 0.167 e. The number of aliphatic imine (C=N–C) groups is 1. The second-order valence-corrected chi connectivity index (χ2v) is 10.4. The first-order valence-electron chi connectivity index (χ1n) is 12.9. The maximum absolute atomic E-state index is 13.1. The zero-order chi connectivity index (χ0) is 24.2. The van der Waals surface area contributed by atoms with Gasteiger partial charge in [-0.25, -0.2) is 0 Å². The first kappa shape index (κ1) is 23.3. The number of Topliss-reactive ketones (excluding diaryl/α,β-unsaturated/α-hetero) is 1. The summed E-state index contributed by atoms with van der Waals surface area (Å²) < 4.78 is 0. The zero-order valence-corrected chi connectivity index (χ0v) is 20.8. The number of allylic oxidation sites excluding steroid dienone is 5. The van der Waals surface area contributed by atoms with Gasteiger partial charge in [-0.2, -0.15) is 0 Å². The molecule has 35 heavy (non-hydrogen) atoms. The summed E-state index contributed by atoms with van der Waals surface area (Å²) in [6.45, 7) is 4.41. The SMILES string of the molecule is Cc1ccc(C(=O)Cc2ccc(CC3CCC(C)CC3)cc2)cc1C#CC1=CN=C2C=CC=CC12.[HH]. The Bertz CT molecular complexity index is 1290. The number of fused-ring (bicyclic) bond motifs is 1. The molecule has 2 aromatic carbocycles. The summed E-state index contributed by atoms with van der Waals surface area (Å²) in [5, 5.41) is 0. The first-order valence-corrected chi connectivity index (χ1v) is 12.9.